The summed E-state index contributed by atoms with van der Waals surface area (Å²) in [7, 11) is 0.352. The van der Waals surface area contributed by atoms with E-state index in [2.05, 4.69) is 10.3 Å². The van der Waals surface area contributed by atoms with E-state index in [0.29, 0.717) is 54.4 Å². The van der Waals surface area contributed by atoms with Crippen LogP contribution < -0.4 is 19.1 Å². The number of rotatable bonds is 9. The van der Waals surface area contributed by atoms with Gasteiger partial charge in [-0.1, -0.05) is 29.3 Å². The second-order valence-corrected chi connectivity index (χ2v) is 13.1. The zero-order valence-corrected chi connectivity index (χ0v) is 26.5. The monoisotopic (exact) mass is 656 g/mol. The number of hydrogen-bond acceptors (Lipinski definition) is 9. The van der Waals surface area contributed by atoms with Gasteiger partial charge in [0, 0.05) is 24.2 Å². The maximum absolute atomic E-state index is 15.4. The number of ether oxygens (including phenoxy) is 2. The predicted molar refractivity (Wildman–Crippen MR) is 166 cm³/mol. The Hall–Kier alpha value is -3.61. The molecule has 6 rings (SSSR count). The molecule has 0 bridgehead atoms. The first-order valence-corrected chi connectivity index (χ1v) is 16.1. The maximum Gasteiger partial charge on any atom is 0.271 e. The molecule has 10 nitrogen and oxygen atoms in total. The van der Waals surface area contributed by atoms with E-state index in [1.165, 1.54) is 50.8 Å². The predicted octanol–water partition coefficient (Wildman–Crippen LogP) is 5.53. The molecule has 1 aromatic heterocycles. The third-order valence-corrected chi connectivity index (χ3v) is 10.6. The van der Waals surface area contributed by atoms with Gasteiger partial charge in [0.2, 0.25) is 5.89 Å². The number of nitrogens with one attached hydrogen (secondary N) is 1. The largest absolute Gasteiger partial charge is 0.497 e. The lowest BCUT2D eigenvalue weighted by atomic mass is 9.80. The van der Waals surface area contributed by atoms with Gasteiger partial charge < -0.3 is 19.2 Å². The highest BCUT2D eigenvalue weighted by Crippen LogP contribution is 2.57. The zero-order chi connectivity index (χ0) is 31.2. The Morgan fingerprint density at radius 3 is 2.45 bits per heavy atom. The standard InChI is InChI=1S/C31H30Cl2N4O6S/c1-34-18-19-6-11-28(42-3)23(15-19)31(36-13-4-5-26(36)29-35-12-14-43-29)22-16-24(32)25(33)17-27(22)37(30(31)38)44(39,40)21-9-7-20(41-2)8-10-21/h6-12,14-17,26,34H,4-5,13,18H2,1-3H3. The molecule has 44 heavy (non-hydrogen) atoms. The molecular weight excluding hydrogens is 627 g/mol. The first-order chi connectivity index (χ1) is 21.2. The number of aromatic nitrogens is 1. The second kappa shape index (κ2) is 11.7. The Kier molecular flexibility index (Phi) is 8.10. The summed E-state index contributed by atoms with van der Waals surface area (Å²) in [6.45, 7) is 0.917. The number of fused-ring (bicyclic) bond motifs is 1. The van der Waals surface area contributed by atoms with Crippen molar-refractivity contribution in [3.63, 3.8) is 0 Å². The summed E-state index contributed by atoms with van der Waals surface area (Å²) in [4.78, 5) is 21.6. The number of carbonyl (C=O) groups excluding carboxylic acids is 1. The van der Waals surface area contributed by atoms with Crippen molar-refractivity contribution >= 4 is 44.8 Å². The Morgan fingerprint density at radius 1 is 1.05 bits per heavy atom. The molecule has 0 aliphatic carbocycles. The summed E-state index contributed by atoms with van der Waals surface area (Å²) >= 11 is 13.2. The van der Waals surface area contributed by atoms with Crippen LogP contribution in [0.15, 0.2) is 76.4 Å². The lowest BCUT2D eigenvalue weighted by Gasteiger charge is -2.41. The molecule has 3 aromatic carbocycles. The summed E-state index contributed by atoms with van der Waals surface area (Å²) < 4.78 is 46.6. The van der Waals surface area contributed by atoms with Crippen LogP contribution >= 0.6 is 23.2 Å². The summed E-state index contributed by atoms with van der Waals surface area (Å²) in [5.41, 5.74) is 0.0591. The molecule has 230 valence electrons. The molecule has 2 aliphatic rings. The highest BCUT2D eigenvalue weighted by Gasteiger charge is 2.63. The zero-order valence-electron chi connectivity index (χ0n) is 24.2. The summed E-state index contributed by atoms with van der Waals surface area (Å²) in [6, 6.07) is 14.0. The van der Waals surface area contributed by atoms with E-state index >= 15 is 4.79 Å². The topological polar surface area (TPSA) is 114 Å². The quantitative estimate of drug-likeness (QED) is 0.248. The number of methoxy groups -OCH3 is 2. The van der Waals surface area contributed by atoms with Crippen molar-refractivity contribution in [2.75, 3.05) is 32.1 Å². The van der Waals surface area contributed by atoms with Crippen molar-refractivity contribution < 1.29 is 27.1 Å². The molecule has 1 amide bonds. The smallest absolute Gasteiger partial charge is 0.271 e. The minimum absolute atomic E-state index is 0.0963. The number of oxazole rings is 1. The Balaban J connectivity index is 1.69. The molecule has 3 heterocycles. The molecule has 0 spiro atoms. The van der Waals surface area contributed by atoms with Crippen LogP contribution in [0.2, 0.25) is 10.0 Å². The number of hydrogen-bond donors (Lipinski definition) is 1. The van der Waals surface area contributed by atoms with Gasteiger partial charge in [-0.3, -0.25) is 9.69 Å². The van der Waals surface area contributed by atoms with Crippen molar-refractivity contribution in [3.8, 4) is 11.5 Å². The van der Waals surface area contributed by atoms with Gasteiger partial charge in [-0.05, 0) is 74.0 Å². The molecule has 2 atom stereocenters. The van der Waals surface area contributed by atoms with E-state index in [-0.39, 0.29) is 20.6 Å². The van der Waals surface area contributed by atoms with Crippen LogP contribution in [0, 0.1) is 0 Å². The van der Waals surface area contributed by atoms with Crippen molar-refractivity contribution in [1.82, 2.24) is 15.2 Å². The van der Waals surface area contributed by atoms with E-state index in [1.807, 2.05) is 24.1 Å². The van der Waals surface area contributed by atoms with Gasteiger partial charge in [-0.25, -0.2) is 17.7 Å². The van der Waals surface area contributed by atoms with Crippen molar-refractivity contribution in [2.45, 2.75) is 35.9 Å². The summed E-state index contributed by atoms with van der Waals surface area (Å²) in [6.07, 6.45) is 4.35. The van der Waals surface area contributed by atoms with Gasteiger partial charge >= 0.3 is 0 Å². The number of anilines is 1. The van der Waals surface area contributed by atoms with Gasteiger partial charge in [0.25, 0.3) is 15.9 Å². The number of nitrogens with zero attached hydrogens (tertiary/aromatic N) is 3. The molecule has 1 N–H and O–H groups in total. The minimum atomic E-state index is -4.47. The number of sulfonamides is 1. The van der Waals surface area contributed by atoms with Gasteiger partial charge in [0.05, 0.1) is 47.1 Å². The van der Waals surface area contributed by atoms with Crippen LogP contribution in [-0.2, 0) is 26.9 Å². The fraction of sp³-hybridized carbons (Fsp3) is 0.290. The number of halogens is 2. The maximum atomic E-state index is 15.4. The second-order valence-electron chi connectivity index (χ2n) is 10.5. The van der Waals surface area contributed by atoms with E-state index < -0.39 is 27.5 Å². The van der Waals surface area contributed by atoms with Crippen LogP contribution in [0.1, 0.15) is 41.5 Å². The average molecular weight is 658 g/mol. The number of benzene rings is 3. The van der Waals surface area contributed by atoms with Crippen LogP contribution in [0.4, 0.5) is 5.69 Å². The molecule has 1 fully saturated rings. The number of carbonyl (C=O) groups is 1. The minimum Gasteiger partial charge on any atom is -0.497 e. The molecule has 0 saturated carbocycles. The van der Waals surface area contributed by atoms with Crippen LogP contribution in [0.25, 0.3) is 0 Å². The van der Waals surface area contributed by atoms with E-state index in [0.717, 1.165) is 9.87 Å². The molecule has 2 unspecified atom stereocenters. The van der Waals surface area contributed by atoms with E-state index in [4.69, 9.17) is 37.1 Å². The highest BCUT2D eigenvalue weighted by atomic mass is 35.5. The van der Waals surface area contributed by atoms with Crippen molar-refractivity contribution in [2.24, 2.45) is 0 Å². The fourth-order valence-corrected chi connectivity index (χ4v) is 8.10. The molecule has 13 heteroatoms. The molecule has 0 radical (unpaired) electrons. The Labute approximate surface area is 265 Å². The molecular formula is C31H30Cl2N4O6S. The van der Waals surface area contributed by atoms with Gasteiger partial charge in [0.15, 0.2) is 5.54 Å². The summed E-state index contributed by atoms with van der Waals surface area (Å²) in [5, 5.41) is 3.42. The molecule has 4 aromatic rings. The normalized spacial score (nSPS) is 20.2. The third kappa shape index (κ3) is 4.65. The Morgan fingerprint density at radius 2 is 1.80 bits per heavy atom. The molecule has 2 aliphatic heterocycles. The van der Waals surface area contributed by atoms with Crippen LogP contribution in [0.3, 0.4) is 0 Å². The van der Waals surface area contributed by atoms with Gasteiger partial charge in [-0.2, -0.15) is 0 Å². The lowest BCUT2D eigenvalue weighted by Crippen LogP contribution is -2.54. The third-order valence-electron chi connectivity index (χ3n) is 8.19. The highest BCUT2D eigenvalue weighted by molar-refractivity contribution is 7.93. The number of likely N-dealkylation sites (tertiary alicyclic amines) is 1. The van der Waals surface area contributed by atoms with Gasteiger partial charge in [-0.15, -0.1) is 0 Å². The Bertz CT molecular complexity index is 1820. The number of amides is 1. The lowest BCUT2D eigenvalue weighted by molar-refractivity contribution is -0.127. The first kappa shape index (κ1) is 30.4. The van der Waals surface area contributed by atoms with Crippen molar-refractivity contribution in [1.29, 1.82) is 0 Å². The average Bonchev–Trinajstić information content (AvgIpc) is 3.77. The van der Waals surface area contributed by atoms with Crippen LogP contribution in [-0.4, -0.2) is 52.0 Å². The molecule has 1 saturated heterocycles. The first-order valence-electron chi connectivity index (χ1n) is 13.9. The van der Waals surface area contributed by atoms with Crippen LogP contribution in [0.5, 0.6) is 11.5 Å². The van der Waals surface area contributed by atoms with Gasteiger partial charge in [0.1, 0.15) is 17.8 Å². The van der Waals surface area contributed by atoms with Crippen molar-refractivity contribution in [3.05, 3.63) is 99.7 Å². The summed E-state index contributed by atoms with van der Waals surface area (Å²) in [5.74, 6) is 0.563. The van der Waals surface area contributed by atoms with E-state index in [1.54, 1.807) is 18.3 Å². The fourth-order valence-electron chi connectivity index (χ4n) is 6.33. The van der Waals surface area contributed by atoms with E-state index in [9.17, 15) is 8.42 Å². The SMILES string of the molecule is CNCc1ccc(OC)c(C2(N3CCCC3c3ncco3)C(=O)N(S(=O)(=O)c3ccc(OC)cc3)c3cc(Cl)c(Cl)cc32)c1.